The number of aryl methyl sites for hydroxylation is 1. The van der Waals surface area contributed by atoms with Gasteiger partial charge >= 0.3 is 0 Å². The van der Waals surface area contributed by atoms with Gasteiger partial charge < -0.3 is 10.3 Å². The Morgan fingerprint density at radius 2 is 2.11 bits per heavy atom. The maximum atomic E-state index is 5.94. The fraction of sp³-hybridized carbons (Fsp3) is 0.0769. The van der Waals surface area contributed by atoms with Crippen LogP contribution in [0.3, 0.4) is 0 Å². The van der Waals surface area contributed by atoms with Gasteiger partial charge in [-0.25, -0.2) is 9.97 Å². The zero-order chi connectivity index (χ0) is 12.7. The first kappa shape index (κ1) is 11.5. The van der Waals surface area contributed by atoms with Crippen molar-refractivity contribution in [3.8, 4) is 11.4 Å². The first-order valence-electron chi connectivity index (χ1n) is 5.49. The van der Waals surface area contributed by atoms with E-state index in [-0.39, 0.29) is 0 Å². The van der Waals surface area contributed by atoms with E-state index in [9.17, 15) is 0 Å². The van der Waals surface area contributed by atoms with E-state index < -0.39 is 0 Å². The molecule has 5 heteroatoms. The number of aromatic nitrogens is 3. The van der Waals surface area contributed by atoms with E-state index in [1.807, 2.05) is 41.9 Å². The van der Waals surface area contributed by atoms with Gasteiger partial charge in [-0.1, -0.05) is 6.07 Å². The Balaban J connectivity index is 2.25. The summed E-state index contributed by atoms with van der Waals surface area (Å²) in [5, 5.41) is 0. The maximum Gasteiger partial charge on any atom is 0.159 e. The molecule has 0 spiro atoms. The van der Waals surface area contributed by atoms with Gasteiger partial charge in [-0.2, -0.15) is 0 Å². The van der Waals surface area contributed by atoms with Crippen LogP contribution >= 0.6 is 22.6 Å². The van der Waals surface area contributed by atoms with Crippen LogP contribution in [0, 0.1) is 3.57 Å². The Hall–Kier alpha value is -1.63. The second-order valence-corrected chi connectivity index (χ2v) is 5.24. The van der Waals surface area contributed by atoms with Crippen molar-refractivity contribution in [2.24, 2.45) is 7.05 Å². The number of nitrogens with two attached hydrogens (primary N) is 1. The number of hydrogen-bond acceptors (Lipinski definition) is 3. The number of benzene rings is 1. The summed E-state index contributed by atoms with van der Waals surface area (Å²) in [6.07, 6.45) is 1.77. The highest BCUT2D eigenvalue weighted by atomic mass is 127. The van der Waals surface area contributed by atoms with E-state index in [0.717, 1.165) is 31.8 Å². The molecular weight excluding hydrogens is 339 g/mol. The van der Waals surface area contributed by atoms with Gasteiger partial charge in [-0.3, -0.25) is 0 Å². The summed E-state index contributed by atoms with van der Waals surface area (Å²) in [5.74, 6) is 0.881. The van der Waals surface area contributed by atoms with Crippen molar-refractivity contribution in [1.82, 2.24) is 14.5 Å². The standard InChI is InChI=1S/C13H11IN4/c1-18-12(8-4-5-9(14)10(15)7-8)17-11-3-2-6-16-13(11)18/h2-7H,15H2,1H3. The number of hydrogen-bond donors (Lipinski definition) is 1. The second-order valence-electron chi connectivity index (χ2n) is 4.08. The molecule has 1 aromatic carbocycles. The van der Waals surface area contributed by atoms with Crippen LogP contribution in [0.15, 0.2) is 36.5 Å². The normalized spacial score (nSPS) is 11.0. The van der Waals surface area contributed by atoms with Crippen LogP contribution < -0.4 is 5.73 Å². The Labute approximate surface area is 118 Å². The number of pyridine rings is 1. The number of anilines is 1. The summed E-state index contributed by atoms with van der Waals surface area (Å²) in [7, 11) is 1.96. The van der Waals surface area contributed by atoms with Crippen molar-refractivity contribution in [2.45, 2.75) is 0 Å². The quantitative estimate of drug-likeness (QED) is 0.542. The van der Waals surface area contributed by atoms with Crippen molar-refractivity contribution < 1.29 is 0 Å². The predicted molar refractivity (Wildman–Crippen MR) is 81.1 cm³/mol. The molecule has 90 valence electrons. The van der Waals surface area contributed by atoms with Crippen molar-refractivity contribution in [3.05, 3.63) is 40.1 Å². The van der Waals surface area contributed by atoms with E-state index >= 15 is 0 Å². The zero-order valence-electron chi connectivity index (χ0n) is 9.76. The SMILES string of the molecule is Cn1c(-c2ccc(I)c(N)c2)nc2cccnc21. The monoisotopic (exact) mass is 350 g/mol. The average molecular weight is 350 g/mol. The highest BCUT2D eigenvalue weighted by Gasteiger charge is 2.10. The molecule has 18 heavy (non-hydrogen) atoms. The molecule has 0 aliphatic heterocycles. The average Bonchev–Trinajstić information content (AvgIpc) is 2.71. The van der Waals surface area contributed by atoms with E-state index in [1.165, 1.54) is 0 Å². The molecule has 3 aromatic rings. The van der Waals surface area contributed by atoms with Crippen molar-refractivity contribution in [2.75, 3.05) is 5.73 Å². The lowest BCUT2D eigenvalue weighted by molar-refractivity contribution is 0.942. The number of imidazole rings is 1. The van der Waals surface area contributed by atoms with E-state index in [1.54, 1.807) is 6.20 Å². The fourth-order valence-corrected chi connectivity index (χ4v) is 2.30. The Morgan fingerprint density at radius 1 is 1.28 bits per heavy atom. The van der Waals surface area contributed by atoms with Crippen LogP contribution in [0.25, 0.3) is 22.6 Å². The number of nitrogen functional groups attached to an aromatic ring is 1. The molecule has 0 bridgehead atoms. The predicted octanol–water partition coefficient (Wildman–Crippen LogP) is 2.82. The molecule has 0 radical (unpaired) electrons. The number of nitrogens with zero attached hydrogens (tertiary/aromatic N) is 3. The highest BCUT2D eigenvalue weighted by Crippen LogP contribution is 2.26. The van der Waals surface area contributed by atoms with Crippen LogP contribution in [-0.4, -0.2) is 14.5 Å². The molecule has 0 atom stereocenters. The van der Waals surface area contributed by atoms with Crippen molar-refractivity contribution in [3.63, 3.8) is 0 Å². The van der Waals surface area contributed by atoms with Gasteiger partial charge in [0.25, 0.3) is 0 Å². The maximum absolute atomic E-state index is 5.94. The number of rotatable bonds is 1. The lowest BCUT2D eigenvalue weighted by atomic mass is 10.2. The Morgan fingerprint density at radius 3 is 2.83 bits per heavy atom. The molecule has 0 saturated heterocycles. The van der Waals surface area contributed by atoms with Crippen LogP contribution in [0.4, 0.5) is 5.69 Å². The van der Waals surface area contributed by atoms with Crippen molar-refractivity contribution >= 4 is 39.4 Å². The lowest BCUT2D eigenvalue weighted by Crippen LogP contribution is -1.95. The van der Waals surface area contributed by atoms with Crippen LogP contribution in [0.1, 0.15) is 0 Å². The molecule has 2 aromatic heterocycles. The highest BCUT2D eigenvalue weighted by molar-refractivity contribution is 14.1. The summed E-state index contributed by atoms with van der Waals surface area (Å²) >= 11 is 2.22. The third kappa shape index (κ3) is 1.74. The first-order chi connectivity index (χ1) is 8.66. The summed E-state index contributed by atoms with van der Waals surface area (Å²) < 4.78 is 3.03. The van der Waals surface area contributed by atoms with Crippen LogP contribution in [0.2, 0.25) is 0 Å². The summed E-state index contributed by atoms with van der Waals surface area (Å²) in [6, 6.07) is 9.82. The van der Waals surface area contributed by atoms with Gasteiger partial charge in [-0.15, -0.1) is 0 Å². The first-order valence-corrected chi connectivity index (χ1v) is 6.57. The van der Waals surface area contributed by atoms with Crippen LogP contribution in [-0.2, 0) is 7.05 Å². The van der Waals surface area contributed by atoms with Gasteiger partial charge in [-0.05, 0) is 46.9 Å². The van der Waals surface area contributed by atoms with Gasteiger partial charge in [0.05, 0.1) is 0 Å². The van der Waals surface area contributed by atoms with Gasteiger partial charge in [0, 0.05) is 28.1 Å². The van der Waals surface area contributed by atoms with Gasteiger partial charge in [0.1, 0.15) is 11.3 Å². The van der Waals surface area contributed by atoms with E-state index in [4.69, 9.17) is 5.73 Å². The number of halogens is 1. The summed E-state index contributed by atoms with van der Waals surface area (Å²) in [4.78, 5) is 8.93. The molecule has 0 fully saturated rings. The summed E-state index contributed by atoms with van der Waals surface area (Å²) in [5.41, 5.74) is 9.50. The molecule has 4 nitrogen and oxygen atoms in total. The third-order valence-corrected chi connectivity index (χ3v) is 3.86. The summed E-state index contributed by atoms with van der Waals surface area (Å²) in [6.45, 7) is 0. The molecule has 0 unspecified atom stereocenters. The Kier molecular flexibility index (Phi) is 2.70. The molecule has 2 heterocycles. The van der Waals surface area contributed by atoms with E-state index in [2.05, 4.69) is 32.6 Å². The van der Waals surface area contributed by atoms with E-state index in [0.29, 0.717) is 0 Å². The minimum Gasteiger partial charge on any atom is -0.398 e. The minimum atomic E-state index is 0.771. The number of fused-ring (bicyclic) bond motifs is 1. The smallest absolute Gasteiger partial charge is 0.159 e. The third-order valence-electron chi connectivity index (χ3n) is 2.88. The van der Waals surface area contributed by atoms with Gasteiger partial charge in [0.2, 0.25) is 0 Å². The minimum absolute atomic E-state index is 0.771. The van der Waals surface area contributed by atoms with Crippen molar-refractivity contribution in [1.29, 1.82) is 0 Å². The molecule has 0 aliphatic rings. The second kappa shape index (κ2) is 4.24. The molecular formula is C13H11IN4. The topological polar surface area (TPSA) is 56.7 Å². The van der Waals surface area contributed by atoms with Crippen LogP contribution in [0.5, 0.6) is 0 Å². The molecule has 0 amide bonds. The molecule has 0 saturated carbocycles. The largest absolute Gasteiger partial charge is 0.398 e. The fourth-order valence-electron chi connectivity index (χ4n) is 1.96. The molecule has 2 N–H and O–H groups in total. The molecule has 3 rings (SSSR count). The molecule has 0 aliphatic carbocycles. The zero-order valence-corrected chi connectivity index (χ0v) is 11.9. The van der Waals surface area contributed by atoms with Gasteiger partial charge in [0.15, 0.2) is 5.65 Å². The lowest BCUT2D eigenvalue weighted by Gasteiger charge is -2.04. The Bertz CT molecular complexity index is 733.